The SMILES string of the molecule is CNC(=O)OCC1(CNc2cccc3c2C(=O)N(C2CCC(=O)NC2=O)C3=O)CCC1. The molecule has 1 atom stereocenters. The number of fused-ring (bicyclic) bond motifs is 1. The summed E-state index contributed by atoms with van der Waals surface area (Å²) in [6, 6.07) is 3.94. The molecule has 1 saturated heterocycles. The molecule has 1 saturated carbocycles. The van der Waals surface area contributed by atoms with Crippen molar-refractivity contribution in [2.24, 2.45) is 5.41 Å². The zero-order chi connectivity index (χ0) is 22.2. The topological polar surface area (TPSA) is 134 Å². The molecule has 1 aromatic carbocycles. The number of nitrogens with zero attached hydrogens (tertiary/aromatic N) is 1. The number of anilines is 1. The fourth-order valence-electron chi connectivity index (χ4n) is 4.28. The van der Waals surface area contributed by atoms with Crippen LogP contribution in [0, 0.1) is 5.41 Å². The molecule has 4 rings (SSSR count). The van der Waals surface area contributed by atoms with E-state index in [1.165, 1.54) is 7.05 Å². The highest BCUT2D eigenvalue weighted by Gasteiger charge is 2.46. The number of rotatable bonds is 6. The average Bonchev–Trinajstić information content (AvgIpc) is 2.98. The predicted octanol–water partition coefficient (Wildman–Crippen LogP) is 1.03. The molecule has 0 aromatic heterocycles. The van der Waals surface area contributed by atoms with Gasteiger partial charge in [0.15, 0.2) is 0 Å². The van der Waals surface area contributed by atoms with Gasteiger partial charge >= 0.3 is 6.09 Å². The number of piperidine rings is 1. The molecule has 3 N–H and O–H groups in total. The van der Waals surface area contributed by atoms with Gasteiger partial charge in [0, 0.05) is 31.1 Å². The predicted molar refractivity (Wildman–Crippen MR) is 108 cm³/mol. The first-order valence-corrected chi connectivity index (χ1v) is 10.3. The third kappa shape index (κ3) is 3.73. The van der Waals surface area contributed by atoms with Crippen LogP contribution in [0.4, 0.5) is 10.5 Å². The van der Waals surface area contributed by atoms with Crippen LogP contribution in [0.5, 0.6) is 0 Å². The Labute approximate surface area is 178 Å². The van der Waals surface area contributed by atoms with Crippen LogP contribution in [-0.4, -0.2) is 60.9 Å². The van der Waals surface area contributed by atoms with Crippen LogP contribution in [0.3, 0.4) is 0 Å². The Morgan fingerprint density at radius 3 is 2.65 bits per heavy atom. The van der Waals surface area contributed by atoms with E-state index in [2.05, 4.69) is 16.0 Å². The van der Waals surface area contributed by atoms with Crippen LogP contribution in [0.2, 0.25) is 0 Å². The summed E-state index contributed by atoms with van der Waals surface area (Å²) in [5.74, 6) is -2.15. The van der Waals surface area contributed by atoms with Crippen LogP contribution in [0.25, 0.3) is 0 Å². The van der Waals surface area contributed by atoms with E-state index >= 15 is 0 Å². The number of amides is 5. The van der Waals surface area contributed by atoms with Gasteiger partial charge < -0.3 is 15.4 Å². The van der Waals surface area contributed by atoms with Crippen LogP contribution < -0.4 is 16.0 Å². The minimum atomic E-state index is -1.00. The summed E-state index contributed by atoms with van der Waals surface area (Å²) >= 11 is 0. The molecule has 0 radical (unpaired) electrons. The van der Waals surface area contributed by atoms with Crippen molar-refractivity contribution < 1.29 is 28.7 Å². The van der Waals surface area contributed by atoms with Gasteiger partial charge in [0.2, 0.25) is 11.8 Å². The van der Waals surface area contributed by atoms with Gasteiger partial charge in [-0.2, -0.15) is 0 Å². The third-order valence-electron chi connectivity index (χ3n) is 6.25. The number of imide groups is 2. The number of carbonyl (C=O) groups is 5. The van der Waals surface area contributed by atoms with E-state index in [4.69, 9.17) is 4.74 Å². The maximum absolute atomic E-state index is 13.1. The highest BCUT2D eigenvalue weighted by Crippen LogP contribution is 2.42. The Morgan fingerprint density at radius 2 is 2.00 bits per heavy atom. The van der Waals surface area contributed by atoms with Crippen molar-refractivity contribution in [3.05, 3.63) is 29.3 Å². The molecular formula is C21H24N4O6. The van der Waals surface area contributed by atoms with E-state index < -0.39 is 35.8 Å². The van der Waals surface area contributed by atoms with E-state index in [1.54, 1.807) is 18.2 Å². The zero-order valence-electron chi connectivity index (χ0n) is 17.2. The Balaban J connectivity index is 1.52. The van der Waals surface area contributed by atoms with Crippen molar-refractivity contribution in [3.63, 3.8) is 0 Å². The molecule has 5 amide bonds. The number of carbonyl (C=O) groups excluding carboxylic acids is 5. The number of ether oxygens (including phenoxy) is 1. The number of alkyl carbamates (subject to hydrolysis) is 1. The van der Waals surface area contributed by atoms with Crippen molar-refractivity contribution in [2.45, 2.75) is 38.1 Å². The maximum Gasteiger partial charge on any atom is 0.406 e. The minimum absolute atomic E-state index is 0.0722. The van der Waals surface area contributed by atoms with Crippen molar-refractivity contribution in [1.82, 2.24) is 15.5 Å². The Bertz CT molecular complexity index is 971. The standard InChI is InChI=1S/C21H24N4O6/c1-22-20(30)31-11-21(8-3-9-21)10-23-13-5-2-4-12-16(13)19(29)25(18(12)28)14-6-7-15(26)24-17(14)27/h2,4-5,14,23H,3,6-11H2,1H3,(H,22,30)(H,24,26,27). The second-order valence-electron chi connectivity index (χ2n) is 8.21. The van der Waals surface area contributed by atoms with Gasteiger partial charge in [0.05, 0.1) is 11.1 Å². The highest BCUT2D eigenvalue weighted by molar-refractivity contribution is 6.25. The molecule has 31 heavy (non-hydrogen) atoms. The van der Waals surface area contributed by atoms with Crippen molar-refractivity contribution in [3.8, 4) is 0 Å². The molecule has 1 unspecified atom stereocenters. The highest BCUT2D eigenvalue weighted by atomic mass is 16.5. The fraction of sp³-hybridized carbons (Fsp3) is 0.476. The van der Waals surface area contributed by atoms with Crippen molar-refractivity contribution >= 4 is 35.4 Å². The first kappa shape index (κ1) is 20.8. The Kier molecular flexibility index (Phi) is 5.38. The summed E-state index contributed by atoms with van der Waals surface area (Å²) in [7, 11) is 1.50. The summed E-state index contributed by atoms with van der Waals surface area (Å²) in [6.07, 6.45) is 2.46. The molecule has 2 aliphatic heterocycles. The maximum atomic E-state index is 13.1. The largest absolute Gasteiger partial charge is 0.449 e. The molecule has 0 bridgehead atoms. The second kappa shape index (κ2) is 8.01. The van der Waals surface area contributed by atoms with Gasteiger partial charge in [0.1, 0.15) is 12.6 Å². The number of nitrogens with one attached hydrogen (secondary N) is 3. The van der Waals surface area contributed by atoms with Crippen molar-refractivity contribution in [2.75, 3.05) is 25.5 Å². The monoisotopic (exact) mass is 428 g/mol. The number of hydrogen-bond donors (Lipinski definition) is 3. The summed E-state index contributed by atoms with van der Waals surface area (Å²) in [5.41, 5.74) is 0.712. The van der Waals surface area contributed by atoms with Gasteiger partial charge in [0.25, 0.3) is 11.8 Å². The van der Waals surface area contributed by atoms with Crippen LogP contribution in [0.15, 0.2) is 18.2 Å². The van der Waals surface area contributed by atoms with Gasteiger partial charge in [-0.25, -0.2) is 4.79 Å². The third-order valence-corrected chi connectivity index (χ3v) is 6.25. The Morgan fingerprint density at radius 1 is 1.23 bits per heavy atom. The lowest BCUT2D eigenvalue weighted by molar-refractivity contribution is -0.136. The first-order valence-electron chi connectivity index (χ1n) is 10.3. The fourth-order valence-corrected chi connectivity index (χ4v) is 4.28. The van der Waals surface area contributed by atoms with Gasteiger partial charge in [-0.3, -0.25) is 29.4 Å². The summed E-state index contributed by atoms with van der Waals surface area (Å²) in [4.78, 5) is 62.1. The van der Waals surface area contributed by atoms with E-state index in [0.717, 1.165) is 24.2 Å². The molecule has 10 nitrogen and oxygen atoms in total. The van der Waals surface area contributed by atoms with Gasteiger partial charge in [-0.15, -0.1) is 0 Å². The van der Waals surface area contributed by atoms with E-state index in [-0.39, 0.29) is 36.0 Å². The normalized spacial score (nSPS) is 21.8. The molecule has 164 valence electrons. The summed E-state index contributed by atoms with van der Waals surface area (Å²) in [6.45, 7) is 0.726. The molecule has 1 aliphatic carbocycles. The Hall–Kier alpha value is -3.43. The molecule has 3 aliphatic rings. The minimum Gasteiger partial charge on any atom is -0.449 e. The average molecular weight is 428 g/mol. The summed E-state index contributed by atoms with van der Waals surface area (Å²) < 4.78 is 5.24. The lowest BCUT2D eigenvalue weighted by Crippen LogP contribution is -2.54. The van der Waals surface area contributed by atoms with E-state index in [9.17, 15) is 24.0 Å². The van der Waals surface area contributed by atoms with Crippen LogP contribution >= 0.6 is 0 Å². The molecular weight excluding hydrogens is 404 g/mol. The van der Waals surface area contributed by atoms with E-state index in [1.807, 2.05) is 0 Å². The molecule has 2 heterocycles. The molecule has 0 spiro atoms. The van der Waals surface area contributed by atoms with Crippen molar-refractivity contribution in [1.29, 1.82) is 0 Å². The zero-order valence-corrected chi connectivity index (χ0v) is 17.2. The lowest BCUT2D eigenvalue weighted by Gasteiger charge is -2.41. The van der Waals surface area contributed by atoms with Crippen LogP contribution in [0.1, 0.15) is 52.8 Å². The lowest BCUT2D eigenvalue weighted by atomic mass is 9.69. The quantitative estimate of drug-likeness (QED) is 0.576. The first-order chi connectivity index (χ1) is 14.8. The second-order valence-corrected chi connectivity index (χ2v) is 8.21. The molecule has 10 heteroatoms. The smallest absolute Gasteiger partial charge is 0.406 e. The van der Waals surface area contributed by atoms with Crippen LogP contribution in [-0.2, 0) is 14.3 Å². The molecule has 2 fully saturated rings. The van der Waals surface area contributed by atoms with E-state index in [0.29, 0.717) is 12.2 Å². The van der Waals surface area contributed by atoms with Gasteiger partial charge in [-0.1, -0.05) is 12.5 Å². The number of hydrogen-bond acceptors (Lipinski definition) is 7. The molecule has 1 aromatic rings. The number of benzene rings is 1. The van der Waals surface area contributed by atoms with Gasteiger partial charge in [-0.05, 0) is 31.4 Å². The summed E-state index contributed by atoms with van der Waals surface area (Å²) in [5, 5.41) is 7.87.